The van der Waals surface area contributed by atoms with E-state index in [-0.39, 0.29) is 16.7 Å². The minimum atomic E-state index is -3.56. The number of hydrogen-bond acceptors (Lipinski definition) is 3. The van der Waals surface area contributed by atoms with Gasteiger partial charge in [-0.15, -0.1) is 0 Å². The van der Waals surface area contributed by atoms with Crippen LogP contribution in [0.15, 0.2) is 47.4 Å². The van der Waals surface area contributed by atoms with E-state index in [2.05, 4.69) is 10.8 Å². The van der Waals surface area contributed by atoms with Gasteiger partial charge in [-0.25, -0.2) is 13.1 Å². The summed E-state index contributed by atoms with van der Waals surface area (Å²) in [6.45, 7) is 2.25. The summed E-state index contributed by atoms with van der Waals surface area (Å²) in [5.74, 6) is -0.951. The predicted molar refractivity (Wildman–Crippen MR) is 109 cm³/mol. The first-order chi connectivity index (χ1) is 13.3. The number of halogens is 1. The minimum absolute atomic E-state index is 0.189. The summed E-state index contributed by atoms with van der Waals surface area (Å²) in [5, 5.41) is 9.75. The van der Waals surface area contributed by atoms with Crippen LogP contribution in [0.5, 0.6) is 0 Å². The highest BCUT2D eigenvalue weighted by Gasteiger charge is 2.25. The molecule has 0 saturated carbocycles. The number of sulfonamides is 1. The monoisotopic (exact) mass is 421 g/mol. The van der Waals surface area contributed by atoms with E-state index in [4.69, 9.17) is 11.6 Å². The van der Waals surface area contributed by atoms with Crippen molar-refractivity contribution >= 4 is 27.6 Å². The molecule has 7 heteroatoms. The zero-order valence-electron chi connectivity index (χ0n) is 15.7. The van der Waals surface area contributed by atoms with Crippen LogP contribution in [0.4, 0.5) is 0 Å². The van der Waals surface area contributed by atoms with Crippen LogP contribution in [-0.4, -0.2) is 26.0 Å². The standard InChI is InChI=1S/C21H24ClNO4S/c1-2-16(21(24)25)9-14-3-4-17-11-15(12-18(17)10-14)13-23-28(26,27)20-7-5-19(22)6-8-20/h3-8,10,15-16,23H,2,9,11-13H2,1H3,(H,24,25). The van der Waals surface area contributed by atoms with Crippen molar-refractivity contribution in [2.24, 2.45) is 11.8 Å². The lowest BCUT2D eigenvalue weighted by Crippen LogP contribution is -2.29. The lowest BCUT2D eigenvalue weighted by Gasteiger charge is -2.11. The molecule has 2 aromatic carbocycles. The van der Waals surface area contributed by atoms with Gasteiger partial charge in [0.25, 0.3) is 0 Å². The highest BCUT2D eigenvalue weighted by atomic mass is 35.5. The molecular formula is C21H24ClNO4S. The second-order valence-corrected chi connectivity index (χ2v) is 9.53. The average molecular weight is 422 g/mol. The molecule has 0 fully saturated rings. The molecule has 0 amide bonds. The Morgan fingerprint density at radius 2 is 1.86 bits per heavy atom. The van der Waals surface area contributed by atoms with Gasteiger partial charge < -0.3 is 5.11 Å². The van der Waals surface area contributed by atoms with Crippen LogP contribution < -0.4 is 4.72 Å². The Hall–Kier alpha value is -1.89. The fraction of sp³-hybridized carbons (Fsp3) is 0.381. The molecule has 1 aliphatic carbocycles. The Labute approximate surface area is 170 Å². The zero-order valence-corrected chi connectivity index (χ0v) is 17.3. The van der Waals surface area contributed by atoms with Crippen molar-refractivity contribution in [1.29, 1.82) is 0 Å². The molecule has 2 atom stereocenters. The van der Waals surface area contributed by atoms with Gasteiger partial charge in [-0.3, -0.25) is 4.79 Å². The number of carboxylic acid groups (broad SMARTS) is 1. The summed E-state index contributed by atoms with van der Waals surface area (Å²) in [6.07, 6.45) is 2.72. The van der Waals surface area contributed by atoms with E-state index in [1.165, 1.54) is 23.3 Å². The molecule has 0 heterocycles. The van der Waals surface area contributed by atoms with Gasteiger partial charge in [-0.05, 0) is 72.6 Å². The third-order valence-corrected chi connectivity index (χ3v) is 6.99. The molecule has 150 valence electrons. The van der Waals surface area contributed by atoms with Gasteiger partial charge in [0, 0.05) is 11.6 Å². The van der Waals surface area contributed by atoms with Crippen molar-refractivity contribution < 1.29 is 18.3 Å². The van der Waals surface area contributed by atoms with Gasteiger partial charge in [-0.1, -0.05) is 36.7 Å². The topological polar surface area (TPSA) is 83.5 Å². The van der Waals surface area contributed by atoms with Crippen LogP contribution in [0.2, 0.25) is 5.02 Å². The largest absolute Gasteiger partial charge is 0.481 e. The fourth-order valence-electron chi connectivity index (χ4n) is 3.65. The molecule has 5 nitrogen and oxygen atoms in total. The highest BCUT2D eigenvalue weighted by Crippen LogP contribution is 2.28. The number of carbonyl (C=O) groups is 1. The maximum Gasteiger partial charge on any atom is 0.306 e. The normalized spacial score (nSPS) is 17.3. The third-order valence-electron chi connectivity index (χ3n) is 5.30. The van der Waals surface area contributed by atoms with Gasteiger partial charge in [0.2, 0.25) is 10.0 Å². The second-order valence-electron chi connectivity index (χ2n) is 7.33. The maximum absolute atomic E-state index is 12.4. The van der Waals surface area contributed by atoms with Crippen molar-refractivity contribution in [3.8, 4) is 0 Å². The highest BCUT2D eigenvalue weighted by molar-refractivity contribution is 7.89. The molecule has 0 radical (unpaired) electrons. The van der Waals surface area contributed by atoms with Crippen LogP contribution >= 0.6 is 11.6 Å². The summed E-state index contributed by atoms with van der Waals surface area (Å²) in [4.78, 5) is 11.5. The second kappa shape index (κ2) is 8.64. The van der Waals surface area contributed by atoms with E-state index in [1.807, 2.05) is 19.1 Å². The molecule has 0 saturated heterocycles. The van der Waals surface area contributed by atoms with Crippen LogP contribution in [0.1, 0.15) is 30.0 Å². The molecule has 3 rings (SSSR count). The first-order valence-corrected chi connectivity index (χ1v) is 11.2. The molecular weight excluding hydrogens is 398 g/mol. The number of rotatable bonds is 8. The van der Waals surface area contributed by atoms with Gasteiger partial charge in [0.05, 0.1) is 10.8 Å². The Kier molecular flexibility index (Phi) is 6.43. The van der Waals surface area contributed by atoms with Crippen molar-refractivity contribution in [3.05, 3.63) is 64.2 Å². The van der Waals surface area contributed by atoms with Crippen LogP contribution in [0, 0.1) is 11.8 Å². The summed E-state index contributed by atoms with van der Waals surface area (Å²) in [6, 6.07) is 12.2. The van der Waals surface area contributed by atoms with E-state index in [1.54, 1.807) is 12.1 Å². The molecule has 1 aliphatic rings. The molecule has 2 aromatic rings. The fourth-order valence-corrected chi connectivity index (χ4v) is 4.89. The van der Waals surface area contributed by atoms with E-state index in [0.717, 1.165) is 18.4 Å². The summed E-state index contributed by atoms with van der Waals surface area (Å²) >= 11 is 5.82. The SMILES string of the molecule is CCC(Cc1ccc2c(c1)CC(CNS(=O)(=O)c1ccc(Cl)cc1)C2)C(=O)O. The number of hydrogen-bond donors (Lipinski definition) is 2. The number of benzene rings is 2. The van der Waals surface area contributed by atoms with E-state index in [9.17, 15) is 18.3 Å². The molecule has 0 spiro atoms. The molecule has 0 aromatic heterocycles. The Balaban J connectivity index is 1.61. The maximum atomic E-state index is 12.4. The number of fused-ring (bicyclic) bond motifs is 1. The lowest BCUT2D eigenvalue weighted by atomic mass is 9.95. The lowest BCUT2D eigenvalue weighted by molar-refractivity contribution is -0.141. The summed E-state index contributed by atoms with van der Waals surface area (Å²) in [7, 11) is -3.56. The van der Waals surface area contributed by atoms with Gasteiger partial charge in [-0.2, -0.15) is 0 Å². The van der Waals surface area contributed by atoms with E-state index >= 15 is 0 Å². The molecule has 0 bridgehead atoms. The van der Waals surface area contributed by atoms with Crippen LogP contribution in [0.3, 0.4) is 0 Å². The Morgan fingerprint density at radius 1 is 1.18 bits per heavy atom. The van der Waals surface area contributed by atoms with Crippen molar-refractivity contribution in [1.82, 2.24) is 4.72 Å². The number of aliphatic carboxylic acids is 1. The first-order valence-electron chi connectivity index (χ1n) is 9.37. The third kappa shape index (κ3) is 4.93. The van der Waals surface area contributed by atoms with Crippen molar-refractivity contribution in [3.63, 3.8) is 0 Å². The van der Waals surface area contributed by atoms with Gasteiger partial charge >= 0.3 is 5.97 Å². The van der Waals surface area contributed by atoms with Gasteiger partial charge in [0.1, 0.15) is 0 Å². The minimum Gasteiger partial charge on any atom is -0.481 e. The van der Waals surface area contributed by atoms with E-state index in [0.29, 0.717) is 24.4 Å². The predicted octanol–water partition coefficient (Wildman–Crippen LogP) is 3.69. The first kappa shape index (κ1) is 20.8. The average Bonchev–Trinajstić information content (AvgIpc) is 3.07. The van der Waals surface area contributed by atoms with Crippen LogP contribution in [0.25, 0.3) is 0 Å². The quantitative estimate of drug-likeness (QED) is 0.680. The van der Waals surface area contributed by atoms with Gasteiger partial charge in [0.15, 0.2) is 0 Å². The Morgan fingerprint density at radius 3 is 2.50 bits per heavy atom. The summed E-state index contributed by atoms with van der Waals surface area (Å²) in [5.41, 5.74) is 3.42. The molecule has 28 heavy (non-hydrogen) atoms. The smallest absolute Gasteiger partial charge is 0.306 e. The van der Waals surface area contributed by atoms with E-state index < -0.39 is 16.0 Å². The Bertz CT molecular complexity index is 957. The number of nitrogens with one attached hydrogen (secondary N) is 1. The molecule has 2 unspecified atom stereocenters. The number of carboxylic acids is 1. The molecule has 2 N–H and O–H groups in total. The van der Waals surface area contributed by atoms with Crippen molar-refractivity contribution in [2.75, 3.05) is 6.54 Å². The zero-order chi connectivity index (χ0) is 20.3. The summed E-state index contributed by atoms with van der Waals surface area (Å²) < 4.78 is 27.6. The van der Waals surface area contributed by atoms with Crippen molar-refractivity contribution in [2.45, 2.75) is 37.5 Å². The van der Waals surface area contributed by atoms with Crippen LogP contribution in [-0.2, 0) is 34.1 Å². The molecule has 0 aliphatic heterocycles.